The van der Waals surface area contributed by atoms with E-state index >= 15 is 4.39 Å². The number of benzene rings is 2. The highest BCUT2D eigenvalue weighted by Gasteiger charge is 2.35. The van der Waals surface area contributed by atoms with Crippen molar-refractivity contribution in [3.63, 3.8) is 0 Å². The summed E-state index contributed by atoms with van der Waals surface area (Å²) in [5.41, 5.74) is 1.91. The van der Waals surface area contributed by atoms with Gasteiger partial charge < -0.3 is 29.1 Å². The Kier molecular flexibility index (Phi) is 7.36. The highest BCUT2D eigenvalue weighted by Crippen LogP contribution is 2.42. The Bertz CT molecular complexity index is 1260. The number of amidine groups is 1. The Morgan fingerprint density at radius 2 is 1.71 bits per heavy atom. The van der Waals surface area contributed by atoms with Gasteiger partial charge in [0.15, 0.2) is 23.1 Å². The summed E-state index contributed by atoms with van der Waals surface area (Å²) >= 11 is 0. The van der Waals surface area contributed by atoms with Crippen molar-refractivity contribution in [2.24, 2.45) is 0 Å². The van der Waals surface area contributed by atoms with Crippen LogP contribution >= 0.6 is 0 Å². The Hall–Kier alpha value is -3.33. The van der Waals surface area contributed by atoms with Gasteiger partial charge in [-0.25, -0.2) is 4.39 Å². The number of aliphatic hydroxyl groups is 1. The zero-order valence-electron chi connectivity index (χ0n) is 23.3. The minimum atomic E-state index is -0.713. The van der Waals surface area contributed by atoms with E-state index in [1.165, 1.54) is 14.2 Å². The number of methoxy groups -OCH3 is 3. The van der Waals surface area contributed by atoms with Gasteiger partial charge in [-0.15, -0.1) is 0 Å². The third kappa shape index (κ3) is 5.04. The highest BCUT2D eigenvalue weighted by atomic mass is 19.1. The van der Waals surface area contributed by atoms with E-state index in [2.05, 4.69) is 25.7 Å². The molecule has 1 saturated heterocycles. The van der Waals surface area contributed by atoms with Crippen molar-refractivity contribution >= 4 is 17.3 Å². The summed E-state index contributed by atoms with van der Waals surface area (Å²) < 4.78 is 31.5. The van der Waals surface area contributed by atoms with Crippen molar-refractivity contribution in [2.75, 3.05) is 45.9 Å². The molecule has 2 aliphatic heterocycles. The quantitative estimate of drug-likeness (QED) is 0.511. The van der Waals surface area contributed by atoms with Crippen LogP contribution in [0.1, 0.15) is 67.6 Å². The van der Waals surface area contributed by atoms with Gasteiger partial charge in [-0.05, 0) is 48.9 Å². The van der Waals surface area contributed by atoms with E-state index in [1.807, 2.05) is 19.1 Å². The fourth-order valence-electron chi connectivity index (χ4n) is 5.23. The fraction of sp³-hybridized carbons (Fsp3) is 0.517. The van der Waals surface area contributed by atoms with Crippen LogP contribution in [-0.2, 0) is 12.0 Å². The molecule has 0 spiro atoms. The second-order valence-electron chi connectivity index (χ2n) is 11.4. The first-order chi connectivity index (χ1) is 17.8. The number of Topliss-reactive ketones (excluding diaryl/α,β-unsaturated/α-hetero) is 1. The first kappa shape index (κ1) is 27.7. The number of carbonyl (C=O) groups is 1. The van der Waals surface area contributed by atoms with Crippen molar-refractivity contribution in [1.82, 2.24) is 4.90 Å². The molecule has 0 bridgehead atoms. The Morgan fingerprint density at radius 3 is 2.26 bits per heavy atom. The minimum Gasteiger partial charge on any atom is -0.494 e. The van der Waals surface area contributed by atoms with E-state index in [0.717, 1.165) is 17.0 Å². The molecule has 9 heteroatoms. The van der Waals surface area contributed by atoms with Gasteiger partial charge in [-0.3, -0.25) is 10.2 Å². The first-order valence-corrected chi connectivity index (χ1v) is 12.8. The molecule has 0 radical (unpaired) electrons. The molecule has 0 saturated carbocycles. The van der Waals surface area contributed by atoms with Crippen molar-refractivity contribution < 1.29 is 28.5 Å². The third-order valence-corrected chi connectivity index (χ3v) is 7.53. The number of hydrogen-bond donors (Lipinski definition) is 2. The van der Waals surface area contributed by atoms with E-state index in [-0.39, 0.29) is 47.2 Å². The minimum absolute atomic E-state index is 0.0562. The van der Waals surface area contributed by atoms with Crippen LogP contribution < -0.4 is 19.1 Å². The lowest BCUT2D eigenvalue weighted by molar-refractivity contribution is 0.0350. The third-order valence-electron chi connectivity index (χ3n) is 7.53. The van der Waals surface area contributed by atoms with Gasteiger partial charge in [-0.1, -0.05) is 20.8 Å². The average Bonchev–Trinajstić information content (AvgIpc) is 3.17. The zero-order valence-corrected chi connectivity index (χ0v) is 23.3. The van der Waals surface area contributed by atoms with Crippen molar-refractivity contribution in [3.8, 4) is 17.2 Å². The molecule has 0 atom stereocenters. The van der Waals surface area contributed by atoms with Crippen LogP contribution in [0.15, 0.2) is 18.2 Å². The van der Waals surface area contributed by atoms with E-state index in [4.69, 9.17) is 19.6 Å². The molecular weight excluding hydrogens is 489 g/mol. The molecule has 2 aliphatic rings. The summed E-state index contributed by atoms with van der Waals surface area (Å²) in [6, 6.07) is 5.37. The first-order valence-electron chi connectivity index (χ1n) is 12.8. The lowest BCUT2D eigenvalue weighted by Gasteiger charge is -2.38. The standard InChI is InChI=1S/C29H38FN3O5/c1-28(2,3)19-12-17(13-20(25(19)37-6)32-10-8-29(4,35)9-11-32)21(34)16-33-15-18-14-22(36-5)26(38-7)24(30)23(18)27(33)31/h12-14,31,35H,8-11,15-16H2,1-7H3. The van der Waals surface area contributed by atoms with Gasteiger partial charge in [0, 0.05) is 30.8 Å². The molecule has 2 heterocycles. The second-order valence-corrected chi connectivity index (χ2v) is 11.4. The number of fused-ring (bicyclic) bond motifs is 1. The Morgan fingerprint density at radius 1 is 1.08 bits per heavy atom. The molecule has 206 valence electrons. The van der Waals surface area contributed by atoms with Gasteiger partial charge in [-0.2, -0.15) is 0 Å². The number of rotatable bonds is 7. The zero-order chi connectivity index (χ0) is 28.0. The van der Waals surface area contributed by atoms with E-state index < -0.39 is 11.4 Å². The van der Waals surface area contributed by atoms with Crippen molar-refractivity contribution in [3.05, 3.63) is 46.3 Å². The molecular formula is C29H38FN3O5. The number of ether oxygens (including phenoxy) is 3. The lowest BCUT2D eigenvalue weighted by atomic mass is 9.83. The summed E-state index contributed by atoms with van der Waals surface area (Å²) in [4.78, 5) is 17.4. The number of ketones is 1. The maximum atomic E-state index is 15.2. The maximum absolute atomic E-state index is 15.2. The number of anilines is 1. The van der Waals surface area contributed by atoms with Crippen LogP contribution in [-0.4, -0.2) is 68.2 Å². The van der Waals surface area contributed by atoms with Crippen LogP contribution in [0.5, 0.6) is 17.2 Å². The lowest BCUT2D eigenvalue weighted by Crippen LogP contribution is -2.42. The topological polar surface area (TPSA) is 95.3 Å². The van der Waals surface area contributed by atoms with Gasteiger partial charge >= 0.3 is 0 Å². The van der Waals surface area contributed by atoms with Crippen LogP contribution in [0.4, 0.5) is 10.1 Å². The molecule has 0 aromatic heterocycles. The highest BCUT2D eigenvalue weighted by molar-refractivity contribution is 6.06. The van der Waals surface area contributed by atoms with Crippen molar-refractivity contribution in [1.29, 1.82) is 5.41 Å². The normalized spacial score (nSPS) is 16.9. The Balaban J connectivity index is 1.67. The van der Waals surface area contributed by atoms with Gasteiger partial charge in [0.25, 0.3) is 0 Å². The Labute approximate surface area is 223 Å². The number of nitrogens with zero attached hydrogens (tertiary/aromatic N) is 2. The van der Waals surface area contributed by atoms with Gasteiger partial charge in [0.05, 0.1) is 44.7 Å². The average molecular weight is 528 g/mol. The summed E-state index contributed by atoms with van der Waals surface area (Å²) in [5, 5.41) is 19.1. The molecule has 4 rings (SSSR count). The molecule has 1 fully saturated rings. The number of nitrogens with one attached hydrogen (secondary N) is 1. The van der Waals surface area contributed by atoms with Crippen molar-refractivity contribution in [2.45, 2.75) is 58.1 Å². The molecule has 0 unspecified atom stereocenters. The fourth-order valence-corrected chi connectivity index (χ4v) is 5.23. The SMILES string of the molecule is COc1cc2c(c(F)c1OC)C(=N)N(CC(=O)c1cc(N3CCC(C)(O)CC3)c(OC)c(C(C)(C)C)c1)C2. The van der Waals surface area contributed by atoms with Crippen LogP contribution in [0.2, 0.25) is 0 Å². The number of piperidine rings is 1. The number of halogens is 1. The largest absolute Gasteiger partial charge is 0.494 e. The second kappa shape index (κ2) is 10.1. The molecule has 0 amide bonds. The smallest absolute Gasteiger partial charge is 0.197 e. The van der Waals surface area contributed by atoms with Crippen LogP contribution in [0.25, 0.3) is 0 Å². The summed E-state index contributed by atoms with van der Waals surface area (Å²) in [7, 11) is 4.42. The molecule has 2 aromatic rings. The van der Waals surface area contributed by atoms with Crippen LogP contribution in [0, 0.1) is 11.2 Å². The van der Waals surface area contributed by atoms with Gasteiger partial charge in [0.2, 0.25) is 0 Å². The summed E-state index contributed by atoms with van der Waals surface area (Å²) in [5.74, 6) is 0.0111. The maximum Gasteiger partial charge on any atom is 0.197 e. The molecule has 38 heavy (non-hydrogen) atoms. The molecule has 2 aromatic carbocycles. The van der Waals surface area contributed by atoms with E-state index in [1.54, 1.807) is 18.1 Å². The summed E-state index contributed by atoms with van der Waals surface area (Å²) in [6.45, 7) is 9.47. The van der Waals surface area contributed by atoms with Crippen LogP contribution in [0.3, 0.4) is 0 Å². The number of carbonyl (C=O) groups excluding carboxylic acids is 1. The molecule has 2 N–H and O–H groups in total. The van der Waals surface area contributed by atoms with Gasteiger partial charge in [0.1, 0.15) is 11.6 Å². The van der Waals surface area contributed by atoms with E-state index in [0.29, 0.717) is 37.1 Å². The number of hydrogen-bond acceptors (Lipinski definition) is 7. The molecule has 8 nitrogen and oxygen atoms in total. The summed E-state index contributed by atoms with van der Waals surface area (Å²) in [6.07, 6.45) is 1.22. The monoisotopic (exact) mass is 527 g/mol. The predicted octanol–water partition coefficient (Wildman–Crippen LogP) is 4.52. The predicted molar refractivity (Wildman–Crippen MR) is 145 cm³/mol. The van der Waals surface area contributed by atoms with E-state index in [9.17, 15) is 9.90 Å². The molecule has 0 aliphatic carbocycles.